The molecule has 0 fully saturated rings. The second kappa shape index (κ2) is 7.75. The lowest BCUT2D eigenvalue weighted by Gasteiger charge is -2.07. The number of ketones is 1. The van der Waals surface area contributed by atoms with Crippen LogP contribution in [0.4, 0.5) is 0 Å². The van der Waals surface area contributed by atoms with Crippen molar-refractivity contribution < 1.29 is 19.4 Å². The van der Waals surface area contributed by atoms with Gasteiger partial charge in [-0.2, -0.15) is 5.26 Å². The number of carbonyl (C=O) groups excluding carboxylic acids is 2. The van der Waals surface area contributed by atoms with E-state index in [9.17, 15) is 14.7 Å². The number of nitriles is 1. The number of nitrogens with zero attached hydrogens (tertiary/aromatic N) is 2. The van der Waals surface area contributed by atoms with Crippen LogP contribution >= 0.6 is 0 Å². The number of fused-ring (bicyclic) bond motifs is 1. The molecule has 0 amide bonds. The van der Waals surface area contributed by atoms with Gasteiger partial charge in [0.25, 0.3) is 0 Å². The number of phenolic OH excluding ortho intramolecular Hbond substituents is 1. The summed E-state index contributed by atoms with van der Waals surface area (Å²) in [5.74, 6) is -1.25. The Bertz CT molecular complexity index is 1060. The third-order valence-corrected chi connectivity index (χ3v) is 4.35. The maximum atomic E-state index is 12.6. The van der Waals surface area contributed by atoms with Crippen molar-refractivity contribution >= 4 is 22.7 Å². The third kappa shape index (κ3) is 3.67. The number of para-hydroxylation sites is 2. The fraction of sp³-hybridized carbons (Fsp3) is 0.190. The van der Waals surface area contributed by atoms with Crippen molar-refractivity contribution in [2.75, 3.05) is 6.61 Å². The van der Waals surface area contributed by atoms with E-state index >= 15 is 0 Å². The molecule has 0 saturated heterocycles. The number of phenols is 1. The van der Waals surface area contributed by atoms with E-state index < -0.39 is 12.6 Å². The number of aromatic hydroxyl groups is 1. The Balaban J connectivity index is 1.79. The van der Waals surface area contributed by atoms with Gasteiger partial charge in [-0.25, -0.2) is 4.79 Å². The molecule has 0 radical (unpaired) electrons. The Kier molecular flexibility index (Phi) is 5.23. The first-order valence-corrected chi connectivity index (χ1v) is 8.46. The number of ether oxygens (including phenoxy) is 1. The zero-order valence-corrected chi connectivity index (χ0v) is 14.8. The summed E-state index contributed by atoms with van der Waals surface area (Å²) in [6.07, 6.45) is 2.01. The molecule has 2 aromatic carbocycles. The van der Waals surface area contributed by atoms with Crippen LogP contribution in [-0.4, -0.2) is 28.0 Å². The van der Waals surface area contributed by atoms with Gasteiger partial charge in [0.05, 0.1) is 12.5 Å². The lowest BCUT2D eigenvalue weighted by atomic mass is 10.1. The van der Waals surface area contributed by atoms with Crippen molar-refractivity contribution in [3.63, 3.8) is 0 Å². The van der Waals surface area contributed by atoms with Crippen LogP contribution in [0.2, 0.25) is 0 Å². The molecule has 1 aromatic heterocycles. The molecule has 0 atom stereocenters. The van der Waals surface area contributed by atoms with Gasteiger partial charge in [-0.15, -0.1) is 0 Å². The van der Waals surface area contributed by atoms with Crippen LogP contribution in [0.15, 0.2) is 48.7 Å². The van der Waals surface area contributed by atoms with E-state index in [1.165, 1.54) is 6.07 Å². The number of esters is 1. The van der Waals surface area contributed by atoms with Gasteiger partial charge in [0.1, 0.15) is 11.3 Å². The van der Waals surface area contributed by atoms with Gasteiger partial charge in [0, 0.05) is 29.2 Å². The number of Topliss-reactive ketones (excluding diaryl/α,β-unsaturated/α-hetero) is 1. The van der Waals surface area contributed by atoms with Crippen LogP contribution in [0.5, 0.6) is 5.75 Å². The zero-order valence-electron chi connectivity index (χ0n) is 14.8. The molecule has 0 aliphatic rings. The summed E-state index contributed by atoms with van der Waals surface area (Å²) in [4.78, 5) is 24.8. The Morgan fingerprint density at radius 3 is 2.70 bits per heavy atom. The molecular weight excluding hydrogens is 344 g/mol. The quantitative estimate of drug-likeness (QED) is 0.534. The summed E-state index contributed by atoms with van der Waals surface area (Å²) >= 11 is 0. The Morgan fingerprint density at radius 2 is 1.93 bits per heavy atom. The van der Waals surface area contributed by atoms with E-state index in [2.05, 4.69) is 6.07 Å². The molecule has 0 unspecified atom stereocenters. The first-order valence-electron chi connectivity index (χ1n) is 8.46. The molecule has 1 N–H and O–H groups in total. The highest BCUT2D eigenvalue weighted by molar-refractivity contribution is 6.09. The van der Waals surface area contributed by atoms with Gasteiger partial charge in [-0.1, -0.05) is 30.3 Å². The summed E-state index contributed by atoms with van der Waals surface area (Å²) in [6.45, 7) is 1.72. The van der Waals surface area contributed by atoms with Gasteiger partial charge < -0.3 is 14.4 Å². The summed E-state index contributed by atoms with van der Waals surface area (Å²) in [6, 6.07) is 14.2. The number of rotatable bonds is 6. The number of carbonyl (C=O) groups is 2. The van der Waals surface area contributed by atoms with E-state index in [-0.39, 0.29) is 17.1 Å². The maximum Gasteiger partial charge on any atom is 0.342 e. The van der Waals surface area contributed by atoms with Crippen LogP contribution < -0.4 is 0 Å². The van der Waals surface area contributed by atoms with Crippen molar-refractivity contribution in [1.29, 1.82) is 5.26 Å². The molecule has 0 saturated carbocycles. The normalized spacial score (nSPS) is 10.5. The predicted octanol–water partition coefficient (Wildman–Crippen LogP) is 3.61. The largest absolute Gasteiger partial charge is 0.507 e. The Hall–Kier alpha value is -3.59. The number of hydrogen-bond donors (Lipinski definition) is 1. The molecule has 0 aliphatic carbocycles. The first-order chi connectivity index (χ1) is 13.0. The highest BCUT2D eigenvalue weighted by atomic mass is 16.5. The van der Waals surface area contributed by atoms with Crippen molar-refractivity contribution in [2.45, 2.75) is 19.9 Å². The average molecular weight is 362 g/mol. The first kappa shape index (κ1) is 18.2. The Labute approximate surface area is 156 Å². The van der Waals surface area contributed by atoms with Crippen LogP contribution in [-0.2, 0) is 11.3 Å². The smallest absolute Gasteiger partial charge is 0.342 e. The Morgan fingerprint density at radius 1 is 1.15 bits per heavy atom. The standard InChI is InChI=1S/C21H18N2O4/c1-14-6-4-8-16(20(14)25)21(26)27-13-19(24)17-12-23(11-5-10-22)18-9-3-2-7-15(17)18/h2-4,6-9,12,25H,5,11,13H2,1H3. The molecular formula is C21H18N2O4. The molecule has 3 aromatic rings. The van der Waals surface area contributed by atoms with Crippen LogP contribution in [0, 0.1) is 18.3 Å². The second-order valence-corrected chi connectivity index (χ2v) is 6.13. The summed E-state index contributed by atoms with van der Waals surface area (Å²) < 4.78 is 6.96. The van der Waals surface area contributed by atoms with E-state index in [1.54, 1.807) is 25.3 Å². The van der Waals surface area contributed by atoms with Crippen LogP contribution in [0.3, 0.4) is 0 Å². The van der Waals surface area contributed by atoms with Crippen LogP contribution in [0.1, 0.15) is 32.7 Å². The van der Waals surface area contributed by atoms with Crippen molar-refractivity contribution in [1.82, 2.24) is 4.57 Å². The lowest BCUT2D eigenvalue weighted by molar-refractivity contribution is 0.0472. The monoisotopic (exact) mass is 362 g/mol. The highest BCUT2D eigenvalue weighted by Gasteiger charge is 2.19. The molecule has 0 spiro atoms. The molecule has 6 nitrogen and oxygen atoms in total. The van der Waals surface area contributed by atoms with Gasteiger partial charge in [0.2, 0.25) is 5.78 Å². The van der Waals surface area contributed by atoms with Gasteiger partial charge >= 0.3 is 5.97 Å². The minimum absolute atomic E-state index is 0.0271. The summed E-state index contributed by atoms with van der Waals surface area (Å²) in [5.41, 5.74) is 1.86. The SMILES string of the molecule is Cc1cccc(C(=O)OCC(=O)c2cn(CCC#N)c3ccccc23)c1O. The fourth-order valence-corrected chi connectivity index (χ4v) is 2.93. The van der Waals surface area contributed by atoms with Crippen molar-refractivity contribution in [3.05, 3.63) is 65.4 Å². The van der Waals surface area contributed by atoms with Crippen molar-refractivity contribution in [2.24, 2.45) is 0 Å². The van der Waals surface area contributed by atoms with Crippen molar-refractivity contribution in [3.8, 4) is 11.8 Å². The van der Waals surface area contributed by atoms with Crippen LogP contribution in [0.25, 0.3) is 10.9 Å². The molecule has 136 valence electrons. The van der Waals surface area contributed by atoms with E-state index in [0.29, 0.717) is 24.1 Å². The van der Waals surface area contributed by atoms with Gasteiger partial charge in [-0.05, 0) is 24.6 Å². The molecule has 6 heteroatoms. The highest BCUT2D eigenvalue weighted by Crippen LogP contribution is 2.24. The zero-order chi connectivity index (χ0) is 19.4. The third-order valence-electron chi connectivity index (χ3n) is 4.35. The minimum atomic E-state index is -0.752. The van der Waals surface area contributed by atoms with E-state index in [0.717, 1.165) is 10.9 Å². The number of aromatic nitrogens is 1. The second-order valence-electron chi connectivity index (χ2n) is 6.13. The topological polar surface area (TPSA) is 92.3 Å². The van der Waals surface area contributed by atoms with E-state index in [4.69, 9.17) is 10.00 Å². The van der Waals surface area contributed by atoms with E-state index in [1.807, 2.05) is 28.8 Å². The predicted molar refractivity (Wildman–Crippen MR) is 99.6 cm³/mol. The molecule has 27 heavy (non-hydrogen) atoms. The molecule has 0 bridgehead atoms. The lowest BCUT2D eigenvalue weighted by Crippen LogP contribution is -2.14. The fourth-order valence-electron chi connectivity index (χ4n) is 2.93. The maximum absolute atomic E-state index is 12.6. The molecule has 3 rings (SSSR count). The summed E-state index contributed by atoms with van der Waals surface area (Å²) in [5, 5.41) is 19.5. The minimum Gasteiger partial charge on any atom is -0.507 e. The van der Waals surface area contributed by atoms with Gasteiger partial charge in [0.15, 0.2) is 6.61 Å². The van der Waals surface area contributed by atoms with Gasteiger partial charge in [-0.3, -0.25) is 4.79 Å². The number of hydrogen-bond acceptors (Lipinski definition) is 5. The molecule has 0 aliphatic heterocycles. The average Bonchev–Trinajstić information content (AvgIpc) is 3.05. The summed E-state index contributed by atoms with van der Waals surface area (Å²) in [7, 11) is 0. The number of aryl methyl sites for hydroxylation is 2. The molecule has 1 heterocycles. The number of benzene rings is 2.